The summed E-state index contributed by atoms with van der Waals surface area (Å²) in [6.45, 7) is 4.84. The van der Waals surface area contributed by atoms with E-state index in [2.05, 4.69) is 24.2 Å². The molecule has 11 heavy (non-hydrogen) atoms. The van der Waals surface area contributed by atoms with Gasteiger partial charge >= 0.3 is 0 Å². The lowest BCUT2D eigenvalue weighted by Crippen LogP contribution is -2.44. The Bertz CT molecular complexity index is 138. The predicted molar refractivity (Wildman–Crippen MR) is 46.7 cm³/mol. The number of rotatable bonds is 0. The molecule has 0 aliphatic carbocycles. The van der Waals surface area contributed by atoms with Crippen molar-refractivity contribution in [3.63, 3.8) is 0 Å². The molecule has 2 aliphatic rings. The Morgan fingerprint density at radius 2 is 2.27 bits per heavy atom. The summed E-state index contributed by atoms with van der Waals surface area (Å²) in [5.74, 6) is 0. The molecule has 0 radical (unpaired) electrons. The zero-order valence-corrected chi connectivity index (χ0v) is 7.56. The number of hydrogen-bond acceptors (Lipinski definition) is 2. The number of nitrogens with one attached hydrogen (secondary N) is 1. The minimum atomic E-state index is 0.508. The van der Waals surface area contributed by atoms with Crippen molar-refractivity contribution < 1.29 is 0 Å². The molecule has 0 aromatic heterocycles. The van der Waals surface area contributed by atoms with Crippen LogP contribution in [0, 0.1) is 0 Å². The van der Waals surface area contributed by atoms with Crippen LogP contribution in [0.5, 0.6) is 0 Å². The van der Waals surface area contributed by atoms with E-state index in [-0.39, 0.29) is 0 Å². The van der Waals surface area contributed by atoms with Crippen LogP contribution in [0.2, 0.25) is 0 Å². The lowest BCUT2D eigenvalue weighted by molar-refractivity contribution is 0.336. The maximum atomic E-state index is 3.72. The first-order valence-electron chi connectivity index (χ1n) is 4.66. The van der Waals surface area contributed by atoms with Crippen LogP contribution >= 0.6 is 0 Å². The van der Waals surface area contributed by atoms with Gasteiger partial charge in [-0.3, -0.25) is 0 Å². The lowest BCUT2D eigenvalue weighted by atomic mass is 9.97. The highest BCUT2D eigenvalue weighted by molar-refractivity contribution is 5.02. The molecule has 2 fully saturated rings. The molecule has 2 nitrogen and oxygen atoms in total. The average Bonchev–Trinajstić information content (AvgIpc) is 2.44. The summed E-state index contributed by atoms with van der Waals surface area (Å²) in [7, 11) is 2.22. The van der Waals surface area contributed by atoms with Crippen molar-refractivity contribution in [2.75, 3.05) is 20.1 Å². The Balaban J connectivity index is 2.02. The van der Waals surface area contributed by atoms with Gasteiger partial charge in [-0.2, -0.15) is 0 Å². The molecule has 0 aromatic carbocycles. The summed E-state index contributed by atoms with van der Waals surface area (Å²) in [5, 5.41) is 3.72. The zero-order chi connectivity index (χ0) is 7.90. The van der Waals surface area contributed by atoms with Gasteiger partial charge in [0.1, 0.15) is 0 Å². The van der Waals surface area contributed by atoms with E-state index in [0.717, 1.165) is 6.04 Å². The quantitative estimate of drug-likeness (QED) is 0.556. The number of likely N-dealkylation sites (tertiary alicyclic amines) is 1. The minimum Gasteiger partial charge on any atom is -0.307 e. The molecule has 1 N–H and O–H groups in total. The van der Waals surface area contributed by atoms with E-state index in [1.165, 1.54) is 32.4 Å². The highest BCUT2D eigenvalue weighted by Gasteiger charge is 2.40. The van der Waals surface area contributed by atoms with Crippen LogP contribution < -0.4 is 5.32 Å². The Kier molecular flexibility index (Phi) is 1.69. The predicted octanol–water partition coefficient (Wildman–Crippen LogP) is 0.833. The summed E-state index contributed by atoms with van der Waals surface area (Å²) in [6, 6.07) is 0.751. The van der Waals surface area contributed by atoms with E-state index < -0.39 is 0 Å². The van der Waals surface area contributed by atoms with Crippen molar-refractivity contribution >= 4 is 0 Å². The maximum absolute atomic E-state index is 3.72. The van der Waals surface area contributed by atoms with Gasteiger partial charge in [-0.25, -0.2) is 0 Å². The van der Waals surface area contributed by atoms with Gasteiger partial charge in [0, 0.05) is 18.1 Å². The molecule has 2 heterocycles. The van der Waals surface area contributed by atoms with E-state index in [1.54, 1.807) is 0 Å². The first-order valence-corrected chi connectivity index (χ1v) is 4.66. The molecule has 0 unspecified atom stereocenters. The number of likely N-dealkylation sites (N-methyl/N-ethyl adjacent to an activating group) is 1. The molecule has 0 bridgehead atoms. The molecule has 0 amide bonds. The second-order valence-electron chi connectivity index (χ2n) is 4.35. The van der Waals surface area contributed by atoms with Crippen LogP contribution in [-0.2, 0) is 0 Å². The monoisotopic (exact) mass is 154 g/mol. The fourth-order valence-corrected chi connectivity index (χ4v) is 2.56. The van der Waals surface area contributed by atoms with Crippen LogP contribution in [0.25, 0.3) is 0 Å². The third kappa shape index (κ3) is 1.30. The van der Waals surface area contributed by atoms with E-state index >= 15 is 0 Å². The maximum Gasteiger partial charge on any atom is 0.0323 e. The Morgan fingerprint density at radius 3 is 2.73 bits per heavy atom. The van der Waals surface area contributed by atoms with Crippen LogP contribution in [0.15, 0.2) is 0 Å². The van der Waals surface area contributed by atoms with Crippen molar-refractivity contribution in [1.82, 2.24) is 10.2 Å². The van der Waals surface area contributed by atoms with Crippen molar-refractivity contribution in [2.45, 2.75) is 37.8 Å². The molecule has 2 aliphatic heterocycles. The van der Waals surface area contributed by atoms with Crippen molar-refractivity contribution in [1.29, 1.82) is 0 Å². The molecule has 2 saturated heterocycles. The molecule has 0 aromatic rings. The second kappa shape index (κ2) is 2.46. The van der Waals surface area contributed by atoms with Gasteiger partial charge in [-0.15, -0.1) is 0 Å². The van der Waals surface area contributed by atoms with E-state index in [4.69, 9.17) is 0 Å². The third-order valence-corrected chi connectivity index (χ3v) is 3.15. The van der Waals surface area contributed by atoms with Crippen molar-refractivity contribution in [3.8, 4) is 0 Å². The number of hydrogen-bond donors (Lipinski definition) is 1. The largest absolute Gasteiger partial charge is 0.307 e. The first kappa shape index (κ1) is 7.56. The minimum absolute atomic E-state index is 0.508. The van der Waals surface area contributed by atoms with Crippen molar-refractivity contribution in [2.24, 2.45) is 0 Å². The SMILES string of the molecule is C[C@@H]1CC[C@@]2(CCN(C)C2)N1. The van der Waals surface area contributed by atoms with Crippen LogP contribution in [0.3, 0.4) is 0 Å². The fourth-order valence-electron chi connectivity index (χ4n) is 2.56. The molecule has 2 heteroatoms. The van der Waals surface area contributed by atoms with Crippen LogP contribution in [0.1, 0.15) is 26.2 Å². The normalized spacial score (nSPS) is 45.8. The van der Waals surface area contributed by atoms with E-state index in [0.29, 0.717) is 5.54 Å². The molecular weight excluding hydrogens is 136 g/mol. The topological polar surface area (TPSA) is 15.3 Å². The van der Waals surface area contributed by atoms with Gasteiger partial charge in [0.05, 0.1) is 0 Å². The summed E-state index contributed by atoms with van der Waals surface area (Å²) in [6.07, 6.45) is 4.11. The number of nitrogens with zero attached hydrogens (tertiary/aromatic N) is 1. The zero-order valence-electron chi connectivity index (χ0n) is 7.56. The first-order chi connectivity index (χ1) is 5.20. The summed E-state index contributed by atoms with van der Waals surface area (Å²) in [5.41, 5.74) is 0.508. The Labute approximate surface area is 69.0 Å². The average molecular weight is 154 g/mol. The molecule has 2 rings (SSSR count). The lowest BCUT2D eigenvalue weighted by Gasteiger charge is -2.24. The van der Waals surface area contributed by atoms with Gasteiger partial charge in [0.25, 0.3) is 0 Å². The summed E-state index contributed by atoms with van der Waals surface area (Å²) in [4.78, 5) is 2.44. The standard InChI is InChI=1S/C9H18N2/c1-8-3-4-9(10-8)5-6-11(2)7-9/h8,10H,3-7H2,1-2H3/t8-,9+/m1/s1. The van der Waals surface area contributed by atoms with Gasteiger partial charge < -0.3 is 10.2 Å². The van der Waals surface area contributed by atoms with Crippen LogP contribution in [-0.4, -0.2) is 36.6 Å². The van der Waals surface area contributed by atoms with Gasteiger partial charge in [0.2, 0.25) is 0 Å². The fraction of sp³-hybridized carbons (Fsp3) is 1.00. The Morgan fingerprint density at radius 1 is 1.45 bits per heavy atom. The second-order valence-corrected chi connectivity index (χ2v) is 4.35. The summed E-state index contributed by atoms with van der Waals surface area (Å²) >= 11 is 0. The third-order valence-electron chi connectivity index (χ3n) is 3.15. The van der Waals surface area contributed by atoms with Gasteiger partial charge in [-0.05, 0) is 39.8 Å². The molecule has 1 spiro atoms. The smallest absolute Gasteiger partial charge is 0.0323 e. The van der Waals surface area contributed by atoms with E-state index in [9.17, 15) is 0 Å². The van der Waals surface area contributed by atoms with E-state index in [1.807, 2.05) is 0 Å². The summed E-state index contributed by atoms with van der Waals surface area (Å²) < 4.78 is 0. The molecule has 2 atom stereocenters. The molecule has 0 saturated carbocycles. The molecule has 64 valence electrons. The molecular formula is C9H18N2. The van der Waals surface area contributed by atoms with Gasteiger partial charge in [-0.1, -0.05) is 0 Å². The van der Waals surface area contributed by atoms with Crippen LogP contribution in [0.4, 0.5) is 0 Å². The van der Waals surface area contributed by atoms with Gasteiger partial charge in [0.15, 0.2) is 0 Å². The van der Waals surface area contributed by atoms with Crippen molar-refractivity contribution in [3.05, 3.63) is 0 Å². The Hall–Kier alpha value is -0.0800. The highest BCUT2D eigenvalue weighted by atomic mass is 15.2. The highest BCUT2D eigenvalue weighted by Crippen LogP contribution is 2.31.